The van der Waals surface area contributed by atoms with Crippen LogP contribution in [-0.4, -0.2) is 54.4 Å². The smallest absolute Gasteiger partial charge is 0.238 e. The highest BCUT2D eigenvalue weighted by atomic mass is 32.2. The molecule has 1 unspecified atom stereocenters. The van der Waals surface area contributed by atoms with Gasteiger partial charge in [0.25, 0.3) is 0 Å². The third kappa shape index (κ3) is 3.54. The fraction of sp³-hybridized carbons (Fsp3) is 0.727. The molecule has 0 radical (unpaired) electrons. The van der Waals surface area contributed by atoms with Gasteiger partial charge in [-0.25, -0.2) is 0 Å². The van der Waals surface area contributed by atoms with Crippen LogP contribution in [0.5, 0.6) is 0 Å². The van der Waals surface area contributed by atoms with Crippen LogP contribution in [-0.2, 0) is 20.7 Å². The Bertz CT molecular complexity index is 396. The molecule has 6 nitrogen and oxygen atoms in total. The second-order valence-electron chi connectivity index (χ2n) is 3.94. The SMILES string of the molecule is COCCOCCc1noc(C2CSCC2=O)n1. The molecule has 0 N–H and O–H groups in total. The Morgan fingerprint density at radius 3 is 3.06 bits per heavy atom. The molecule has 100 valence electrons. The van der Waals surface area contributed by atoms with Crippen molar-refractivity contribution in [2.45, 2.75) is 12.3 Å². The summed E-state index contributed by atoms with van der Waals surface area (Å²) in [5, 5.41) is 3.85. The van der Waals surface area contributed by atoms with E-state index in [1.165, 1.54) is 0 Å². The van der Waals surface area contributed by atoms with E-state index in [9.17, 15) is 4.79 Å². The Morgan fingerprint density at radius 2 is 2.33 bits per heavy atom. The predicted molar refractivity (Wildman–Crippen MR) is 65.8 cm³/mol. The van der Waals surface area contributed by atoms with Gasteiger partial charge < -0.3 is 14.0 Å². The molecule has 1 aliphatic heterocycles. The van der Waals surface area contributed by atoms with Gasteiger partial charge in [-0.1, -0.05) is 5.16 Å². The number of carbonyl (C=O) groups excluding carboxylic acids is 1. The molecule has 18 heavy (non-hydrogen) atoms. The van der Waals surface area contributed by atoms with Gasteiger partial charge >= 0.3 is 0 Å². The zero-order valence-corrected chi connectivity index (χ0v) is 11.1. The molecule has 1 saturated heterocycles. The van der Waals surface area contributed by atoms with Crippen LogP contribution in [0.4, 0.5) is 0 Å². The Labute approximate surface area is 109 Å². The molecule has 0 aromatic carbocycles. The number of aromatic nitrogens is 2. The van der Waals surface area contributed by atoms with Crippen molar-refractivity contribution in [1.82, 2.24) is 10.1 Å². The third-order valence-corrected chi connectivity index (χ3v) is 3.66. The summed E-state index contributed by atoms with van der Waals surface area (Å²) >= 11 is 1.61. The molecular weight excluding hydrogens is 256 g/mol. The summed E-state index contributed by atoms with van der Waals surface area (Å²) in [6.45, 7) is 1.65. The minimum Gasteiger partial charge on any atom is -0.382 e. The van der Waals surface area contributed by atoms with Crippen LogP contribution in [0.1, 0.15) is 17.6 Å². The first-order valence-electron chi connectivity index (χ1n) is 5.81. The lowest BCUT2D eigenvalue weighted by atomic mass is 10.1. The van der Waals surface area contributed by atoms with Crippen LogP contribution in [0.25, 0.3) is 0 Å². The highest BCUT2D eigenvalue weighted by molar-refractivity contribution is 8.00. The fourth-order valence-electron chi connectivity index (χ4n) is 1.60. The molecule has 0 bridgehead atoms. The van der Waals surface area contributed by atoms with Crippen LogP contribution >= 0.6 is 11.8 Å². The number of ketones is 1. The van der Waals surface area contributed by atoms with Crippen molar-refractivity contribution in [2.75, 3.05) is 38.4 Å². The molecule has 0 saturated carbocycles. The number of carbonyl (C=O) groups is 1. The first-order chi connectivity index (χ1) is 8.81. The monoisotopic (exact) mass is 272 g/mol. The standard InChI is InChI=1S/C11H16N2O4S/c1-15-4-5-16-3-2-10-12-11(17-13-10)8-6-18-7-9(8)14/h8H,2-7H2,1H3. The minimum absolute atomic E-state index is 0.173. The zero-order chi connectivity index (χ0) is 12.8. The predicted octanol–water partition coefficient (Wildman–Crippen LogP) is 0.675. The number of rotatable bonds is 7. The first-order valence-corrected chi connectivity index (χ1v) is 6.96. The number of nitrogens with zero attached hydrogens (tertiary/aromatic N) is 2. The lowest BCUT2D eigenvalue weighted by Gasteiger charge is -2.00. The third-order valence-electron chi connectivity index (χ3n) is 2.60. The minimum atomic E-state index is -0.217. The van der Waals surface area contributed by atoms with Crippen molar-refractivity contribution in [1.29, 1.82) is 0 Å². The number of ether oxygens (including phenoxy) is 2. The molecule has 2 heterocycles. The molecule has 0 spiro atoms. The van der Waals surface area contributed by atoms with Gasteiger partial charge in [-0.15, -0.1) is 0 Å². The van der Waals surface area contributed by atoms with E-state index < -0.39 is 0 Å². The summed E-state index contributed by atoms with van der Waals surface area (Å²) < 4.78 is 15.3. The molecule has 7 heteroatoms. The van der Waals surface area contributed by atoms with Gasteiger partial charge in [0.2, 0.25) is 5.89 Å². The summed E-state index contributed by atoms with van der Waals surface area (Å²) in [4.78, 5) is 15.8. The molecule has 1 aromatic heterocycles. The first kappa shape index (κ1) is 13.5. The second kappa shape index (κ2) is 6.86. The Kier molecular flexibility index (Phi) is 5.15. The summed E-state index contributed by atoms with van der Waals surface area (Å²) in [5.41, 5.74) is 0. The maximum absolute atomic E-state index is 11.5. The topological polar surface area (TPSA) is 74.5 Å². The van der Waals surface area contributed by atoms with E-state index in [-0.39, 0.29) is 11.7 Å². The summed E-state index contributed by atoms with van der Waals surface area (Å²) in [6, 6.07) is 0. The van der Waals surface area contributed by atoms with Crippen LogP contribution < -0.4 is 0 Å². The average molecular weight is 272 g/mol. The number of hydrogen-bond donors (Lipinski definition) is 0. The Morgan fingerprint density at radius 1 is 1.44 bits per heavy atom. The van der Waals surface area contributed by atoms with Crippen molar-refractivity contribution in [3.8, 4) is 0 Å². The number of hydrogen-bond acceptors (Lipinski definition) is 7. The number of thioether (sulfide) groups is 1. The van der Waals surface area contributed by atoms with E-state index in [0.717, 1.165) is 5.75 Å². The fourth-order valence-corrected chi connectivity index (χ4v) is 2.68. The lowest BCUT2D eigenvalue weighted by Crippen LogP contribution is -2.09. The lowest BCUT2D eigenvalue weighted by molar-refractivity contribution is -0.117. The molecule has 1 aliphatic rings. The Balaban J connectivity index is 1.77. The largest absolute Gasteiger partial charge is 0.382 e. The summed E-state index contributed by atoms with van der Waals surface area (Å²) in [6.07, 6.45) is 0.585. The van der Waals surface area contributed by atoms with Crippen LogP contribution in [0, 0.1) is 0 Å². The molecule has 1 fully saturated rings. The van der Waals surface area contributed by atoms with Gasteiger partial charge in [-0.2, -0.15) is 16.7 Å². The highest BCUT2D eigenvalue weighted by Gasteiger charge is 2.31. The van der Waals surface area contributed by atoms with Crippen LogP contribution in [0.2, 0.25) is 0 Å². The van der Waals surface area contributed by atoms with Crippen molar-refractivity contribution in [3.63, 3.8) is 0 Å². The van der Waals surface area contributed by atoms with E-state index in [4.69, 9.17) is 14.0 Å². The van der Waals surface area contributed by atoms with Gasteiger partial charge in [0.15, 0.2) is 11.6 Å². The molecule has 0 amide bonds. The Hall–Kier alpha value is -0.920. The van der Waals surface area contributed by atoms with Crippen molar-refractivity contribution < 1.29 is 18.8 Å². The van der Waals surface area contributed by atoms with Crippen molar-refractivity contribution >= 4 is 17.5 Å². The highest BCUT2D eigenvalue weighted by Crippen LogP contribution is 2.28. The molecular formula is C11H16N2O4S. The molecule has 1 aromatic rings. The quantitative estimate of drug-likeness (QED) is 0.675. The van der Waals surface area contributed by atoms with Crippen LogP contribution in [0.15, 0.2) is 4.52 Å². The molecule has 0 aliphatic carbocycles. The van der Waals surface area contributed by atoms with Gasteiger partial charge in [-0.05, 0) is 0 Å². The van der Waals surface area contributed by atoms with Crippen molar-refractivity contribution in [3.05, 3.63) is 11.7 Å². The second-order valence-corrected chi connectivity index (χ2v) is 4.97. The van der Waals surface area contributed by atoms with Gasteiger partial charge in [-0.3, -0.25) is 4.79 Å². The van der Waals surface area contributed by atoms with Crippen molar-refractivity contribution in [2.24, 2.45) is 0 Å². The van der Waals surface area contributed by atoms with Crippen LogP contribution in [0.3, 0.4) is 0 Å². The summed E-state index contributed by atoms with van der Waals surface area (Å²) in [5.74, 6) is 2.27. The van der Waals surface area contributed by atoms with E-state index in [1.807, 2.05) is 0 Å². The van der Waals surface area contributed by atoms with E-state index in [1.54, 1.807) is 18.9 Å². The van der Waals surface area contributed by atoms with E-state index >= 15 is 0 Å². The average Bonchev–Trinajstić information content (AvgIpc) is 2.97. The number of Topliss-reactive ketones (excluding diaryl/α,β-unsaturated/α-hetero) is 1. The maximum atomic E-state index is 11.5. The van der Waals surface area contributed by atoms with E-state index in [2.05, 4.69) is 10.1 Å². The van der Waals surface area contributed by atoms with Gasteiger partial charge in [0.05, 0.1) is 25.6 Å². The zero-order valence-electron chi connectivity index (χ0n) is 10.3. The molecule has 1 atom stereocenters. The normalized spacial score (nSPS) is 19.6. The number of methoxy groups -OCH3 is 1. The summed E-state index contributed by atoms with van der Waals surface area (Å²) in [7, 11) is 1.63. The van der Waals surface area contributed by atoms with Gasteiger partial charge in [0.1, 0.15) is 5.92 Å². The molecule has 2 rings (SSSR count). The van der Waals surface area contributed by atoms with E-state index in [0.29, 0.717) is 43.7 Å². The van der Waals surface area contributed by atoms with Gasteiger partial charge in [0, 0.05) is 19.3 Å². The maximum Gasteiger partial charge on any atom is 0.238 e.